The van der Waals surface area contributed by atoms with Crippen molar-refractivity contribution < 1.29 is 14.3 Å². The molecule has 0 aliphatic carbocycles. The molecular weight excluding hydrogens is 274 g/mol. The van der Waals surface area contributed by atoms with Gasteiger partial charge in [0.1, 0.15) is 0 Å². The molecule has 1 aromatic carbocycles. The summed E-state index contributed by atoms with van der Waals surface area (Å²) in [6.45, 7) is 2.65. The molecule has 1 amide bonds. The zero-order valence-corrected chi connectivity index (χ0v) is 12.2. The van der Waals surface area contributed by atoms with Gasteiger partial charge in [-0.1, -0.05) is 18.2 Å². The molecule has 1 aromatic heterocycles. The van der Waals surface area contributed by atoms with Crippen LogP contribution < -0.4 is 5.32 Å². The molecule has 2 aromatic rings. The molecule has 1 N–H and O–H groups in total. The van der Waals surface area contributed by atoms with Crippen LogP contribution in [-0.4, -0.2) is 25.0 Å². The van der Waals surface area contributed by atoms with Crippen molar-refractivity contribution in [3.8, 4) is 0 Å². The lowest BCUT2D eigenvalue weighted by Crippen LogP contribution is -2.24. The normalized spacial score (nSPS) is 10.4. The second-order valence-corrected chi connectivity index (χ2v) is 5.40. The molecule has 5 heteroatoms. The SMILES string of the molecule is CCOC(=O)CCCNC(=O)c1cc2ccccc2s1. The summed E-state index contributed by atoms with van der Waals surface area (Å²) in [5.41, 5.74) is 0. The molecule has 0 saturated heterocycles. The van der Waals surface area contributed by atoms with Crippen LogP contribution in [0.3, 0.4) is 0 Å². The molecule has 0 atom stereocenters. The van der Waals surface area contributed by atoms with Crippen molar-refractivity contribution in [3.05, 3.63) is 35.2 Å². The van der Waals surface area contributed by atoms with Crippen LogP contribution in [0.4, 0.5) is 0 Å². The van der Waals surface area contributed by atoms with Crippen LogP contribution in [0, 0.1) is 0 Å². The molecule has 0 radical (unpaired) electrons. The van der Waals surface area contributed by atoms with Gasteiger partial charge in [0.2, 0.25) is 0 Å². The highest BCUT2D eigenvalue weighted by Crippen LogP contribution is 2.24. The third-order valence-electron chi connectivity index (χ3n) is 2.80. The lowest BCUT2D eigenvalue weighted by Gasteiger charge is -2.03. The van der Waals surface area contributed by atoms with Crippen LogP contribution in [0.1, 0.15) is 29.4 Å². The molecule has 0 aliphatic rings. The quantitative estimate of drug-likeness (QED) is 0.657. The zero-order valence-electron chi connectivity index (χ0n) is 11.3. The van der Waals surface area contributed by atoms with Crippen molar-refractivity contribution in [1.82, 2.24) is 5.32 Å². The lowest BCUT2D eigenvalue weighted by molar-refractivity contribution is -0.143. The fraction of sp³-hybridized carbons (Fsp3) is 0.333. The maximum Gasteiger partial charge on any atom is 0.305 e. The first-order chi connectivity index (χ1) is 9.70. The largest absolute Gasteiger partial charge is 0.466 e. The number of thiophene rings is 1. The number of hydrogen-bond donors (Lipinski definition) is 1. The summed E-state index contributed by atoms with van der Waals surface area (Å²) in [7, 11) is 0. The summed E-state index contributed by atoms with van der Waals surface area (Å²) < 4.78 is 5.92. The Morgan fingerprint density at radius 2 is 2.10 bits per heavy atom. The minimum atomic E-state index is -0.219. The van der Waals surface area contributed by atoms with Gasteiger partial charge in [-0.25, -0.2) is 0 Å². The van der Waals surface area contributed by atoms with E-state index in [4.69, 9.17) is 4.74 Å². The smallest absolute Gasteiger partial charge is 0.305 e. The number of hydrogen-bond acceptors (Lipinski definition) is 4. The predicted octanol–water partition coefficient (Wildman–Crippen LogP) is 2.97. The fourth-order valence-corrected chi connectivity index (χ4v) is 2.83. The highest BCUT2D eigenvalue weighted by Gasteiger charge is 2.09. The van der Waals surface area contributed by atoms with E-state index < -0.39 is 0 Å². The van der Waals surface area contributed by atoms with Crippen LogP contribution in [-0.2, 0) is 9.53 Å². The third-order valence-corrected chi connectivity index (χ3v) is 3.91. The van der Waals surface area contributed by atoms with Crippen molar-refractivity contribution in [3.63, 3.8) is 0 Å². The molecule has 0 aliphatic heterocycles. The maximum absolute atomic E-state index is 12.0. The highest BCUT2D eigenvalue weighted by atomic mass is 32.1. The molecule has 0 unspecified atom stereocenters. The molecule has 2 rings (SSSR count). The molecule has 0 fully saturated rings. The Morgan fingerprint density at radius 3 is 2.85 bits per heavy atom. The van der Waals surface area contributed by atoms with E-state index in [0.717, 1.165) is 10.1 Å². The van der Waals surface area contributed by atoms with Gasteiger partial charge in [-0.3, -0.25) is 9.59 Å². The molecule has 4 nitrogen and oxygen atoms in total. The Morgan fingerprint density at radius 1 is 1.30 bits per heavy atom. The van der Waals surface area contributed by atoms with Crippen molar-refractivity contribution in [1.29, 1.82) is 0 Å². The number of benzene rings is 1. The van der Waals surface area contributed by atoms with Gasteiger partial charge in [-0.15, -0.1) is 11.3 Å². The Kier molecular flexibility index (Phi) is 5.12. The van der Waals surface area contributed by atoms with E-state index in [-0.39, 0.29) is 11.9 Å². The van der Waals surface area contributed by atoms with Crippen LogP contribution in [0.25, 0.3) is 10.1 Å². The van der Waals surface area contributed by atoms with E-state index in [1.54, 1.807) is 6.92 Å². The summed E-state index contributed by atoms with van der Waals surface area (Å²) in [6.07, 6.45) is 0.927. The molecule has 0 saturated carbocycles. The summed E-state index contributed by atoms with van der Waals surface area (Å²) in [6, 6.07) is 9.79. The molecular formula is C15H17NO3S. The first kappa shape index (κ1) is 14.5. The number of rotatable bonds is 6. The maximum atomic E-state index is 12.0. The van der Waals surface area contributed by atoms with Gasteiger partial charge in [0.25, 0.3) is 5.91 Å². The Bertz CT molecular complexity index is 573. The van der Waals surface area contributed by atoms with Gasteiger partial charge in [0.15, 0.2) is 0 Å². The van der Waals surface area contributed by atoms with Crippen molar-refractivity contribution in [2.75, 3.05) is 13.2 Å². The van der Waals surface area contributed by atoms with Crippen molar-refractivity contribution in [2.24, 2.45) is 0 Å². The Balaban J connectivity index is 1.81. The van der Waals surface area contributed by atoms with Crippen LogP contribution in [0.15, 0.2) is 30.3 Å². The van der Waals surface area contributed by atoms with E-state index in [0.29, 0.717) is 30.9 Å². The lowest BCUT2D eigenvalue weighted by atomic mass is 10.2. The number of esters is 1. The number of carbonyl (C=O) groups is 2. The monoisotopic (exact) mass is 291 g/mol. The first-order valence-electron chi connectivity index (χ1n) is 6.63. The van der Waals surface area contributed by atoms with Crippen molar-refractivity contribution >= 4 is 33.3 Å². The van der Waals surface area contributed by atoms with E-state index in [2.05, 4.69) is 5.32 Å². The second kappa shape index (κ2) is 7.05. The number of amides is 1. The summed E-state index contributed by atoms with van der Waals surface area (Å²) >= 11 is 1.47. The second-order valence-electron chi connectivity index (χ2n) is 4.31. The van der Waals surface area contributed by atoms with Gasteiger partial charge in [-0.05, 0) is 30.9 Å². The van der Waals surface area contributed by atoms with Crippen LogP contribution in [0.5, 0.6) is 0 Å². The van der Waals surface area contributed by atoms with E-state index >= 15 is 0 Å². The van der Waals surface area contributed by atoms with Crippen LogP contribution >= 0.6 is 11.3 Å². The van der Waals surface area contributed by atoms with Gasteiger partial charge in [0.05, 0.1) is 11.5 Å². The topological polar surface area (TPSA) is 55.4 Å². The van der Waals surface area contributed by atoms with Gasteiger partial charge >= 0.3 is 5.97 Å². The minimum absolute atomic E-state index is 0.0879. The number of nitrogens with one attached hydrogen (secondary N) is 1. The number of ether oxygens (including phenoxy) is 1. The van der Waals surface area contributed by atoms with Gasteiger partial charge < -0.3 is 10.1 Å². The molecule has 0 bridgehead atoms. The van der Waals surface area contributed by atoms with E-state index in [1.807, 2.05) is 30.3 Å². The average molecular weight is 291 g/mol. The summed E-state index contributed by atoms with van der Waals surface area (Å²) in [4.78, 5) is 23.8. The zero-order chi connectivity index (χ0) is 14.4. The van der Waals surface area contributed by atoms with Crippen molar-refractivity contribution in [2.45, 2.75) is 19.8 Å². The first-order valence-corrected chi connectivity index (χ1v) is 7.44. The summed E-state index contributed by atoms with van der Waals surface area (Å²) in [5, 5.41) is 3.90. The van der Waals surface area contributed by atoms with Crippen LogP contribution in [0.2, 0.25) is 0 Å². The average Bonchev–Trinajstić information content (AvgIpc) is 2.87. The molecule has 20 heavy (non-hydrogen) atoms. The highest BCUT2D eigenvalue weighted by molar-refractivity contribution is 7.20. The standard InChI is InChI=1S/C15H17NO3S/c1-2-19-14(17)8-5-9-16-15(18)13-10-11-6-3-4-7-12(11)20-13/h3-4,6-7,10H,2,5,8-9H2,1H3,(H,16,18). The number of fused-ring (bicyclic) bond motifs is 1. The molecule has 1 heterocycles. The van der Waals surface area contributed by atoms with Gasteiger partial charge in [0, 0.05) is 17.7 Å². The Hall–Kier alpha value is -1.88. The molecule has 106 valence electrons. The van der Waals surface area contributed by atoms with Gasteiger partial charge in [-0.2, -0.15) is 0 Å². The van der Waals surface area contributed by atoms with E-state index in [1.165, 1.54) is 11.3 Å². The van der Waals surface area contributed by atoms with E-state index in [9.17, 15) is 9.59 Å². The predicted molar refractivity (Wildman–Crippen MR) is 80.0 cm³/mol. The minimum Gasteiger partial charge on any atom is -0.466 e. The third kappa shape index (κ3) is 3.81. The Labute approximate surface area is 121 Å². The fourth-order valence-electron chi connectivity index (χ4n) is 1.85. The summed E-state index contributed by atoms with van der Waals surface area (Å²) in [5.74, 6) is -0.307. The molecule has 0 spiro atoms. The number of carbonyl (C=O) groups excluding carboxylic acids is 2.